The van der Waals surface area contributed by atoms with Crippen molar-refractivity contribution in [1.29, 1.82) is 0 Å². The minimum Gasteiger partial charge on any atom is -0.496 e. The summed E-state index contributed by atoms with van der Waals surface area (Å²) in [5.41, 5.74) is 1.11. The van der Waals surface area contributed by atoms with Crippen molar-refractivity contribution in [2.24, 2.45) is 0 Å². The number of amides is 1. The van der Waals surface area contributed by atoms with Crippen molar-refractivity contribution in [3.05, 3.63) is 39.7 Å². The minimum absolute atomic E-state index is 0.00285. The lowest BCUT2D eigenvalue weighted by atomic mass is 10.0. The van der Waals surface area contributed by atoms with Crippen molar-refractivity contribution < 1.29 is 23.8 Å². The Morgan fingerprint density at radius 1 is 1.33 bits per heavy atom. The van der Waals surface area contributed by atoms with Crippen LogP contribution in [-0.4, -0.2) is 30.6 Å². The minimum atomic E-state index is -0.902. The van der Waals surface area contributed by atoms with Gasteiger partial charge in [0.15, 0.2) is 0 Å². The smallest absolute Gasteiger partial charge is 0.336 e. The van der Waals surface area contributed by atoms with Gasteiger partial charge in [-0.15, -0.1) is 0 Å². The molecule has 7 nitrogen and oxygen atoms in total. The Bertz CT molecular complexity index is 824. The molecule has 2 N–H and O–H groups in total. The molecule has 0 fully saturated rings. The fourth-order valence-electron chi connectivity index (χ4n) is 2.48. The molecular formula is C17H19NO6. The second-order valence-corrected chi connectivity index (χ2v) is 5.38. The number of methoxy groups -OCH3 is 1. The molecule has 0 aliphatic heterocycles. The second kappa shape index (κ2) is 7.63. The SMILES string of the molecule is COc1ccc2c(CC(=O)NCCCC(=O)O)cc(=O)oc2c1C. The lowest BCUT2D eigenvalue weighted by molar-refractivity contribution is -0.137. The third kappa shape index (κ3) is 4.13. The number of nitrogens with one attached hydrogen (secondary N) is 1. The van der Waals surface area contributed by atoms with E-state index in [1.54, 1.807) is 19.1 Å². The first-order chi connectivity index (χ1) is 11.4. The first-order valence-electron chi connectivity index (χ1n) is 7.51. The molecule has 0 bridgehead atoms. The van der Waals surface area contributed by atoms with Crippen LogP contribution in [0.4, 0.5) is 0 Å². The zero-order valence-electron chi connectivity index (χ0n) is 13.5. The van der Waals surface area contributed by atoms with Crippen LogP contribution in [0.5, 0.6) is 5.75 Å². The summed E-state index contributed by atoms with van der Waals surface area (Å²) < 4.78 is 10.5. The van der Waals surface area contributed by atoms with Crippen LogP contribution in [0.1, 0.15) is 24.0 Å². The molecule has 0 aliphatic carbocycles. The molecule has 1 heterocycles. The zero-order valence-corrected chi connectivity index (χ0v) is 13.5. The number of carbonyl (C=O) groups is 2. The summed E-state index contributed by atoms with van der Waals surface area (Å²) in [5.74, 6) is -0.581. The van der Waals surface area contributed by atoms with E-state index < -0.39 is 11.6 Å². The first-order valence-corrected chi connectivity index (χ1v) is 7.51. The molecule has 2 aromatic rings. The Labute approximate surface area is 138 Å². The zero-order chi connectivity index (χ0) is 17.7. The quantitative estimate of drug-likeness (QED) is 0.589. The summed E-state index contributed by atoms with van der Waals surface area (Å²) >= 11 is 0. The van der Waals surface area contributed by atoms with E-state index in [1.807, 2.05) is 0 Å². The molecule has 0 spiro atoms. The molecule has 1 aromatic heterocycles. The van der Waals surface area contributed by atoms with Gasteiger partial charge in [-0.1, -0.05) is 0 Å². The fraction of sp³-hybridized carbons (Fsp3) is 0.353. The maximum absolute atomic E-state index is 12.0. The van der Waals surface area contributed by atoms with E-state index >= 15 is 0 Å². The third-order valence-electron chi connectivity index (χ3n) is 3.66. The van der Waals surface area contributed by atoms with Crippen LogP contribution >= 0.6 is 0 Å². The predicted molar refractivity (Wildman–Crippen MR) is 87.4 cm³/mol. The lowest BCUT2D eigenvalue weighted by Crippen LogP contribution is -2.26. The number of carbonyl (C=O) groups excluding carboxylic acids is 1. The summed E-state index contributed by atoms with van der Waals surface area (Å²) in [4.78, 5) is 34.2. The van der Waals surface area contributed by atoms with E-state index in [1.165, 1.54) is 13.2 Å². The average Bonchev–Trinajstić information content (AvgIpc) is 2.52. The Hall–Kier alpha value is -2.83. The predicted octanol–water partition coefficient (Wildman–Crippen LogP) is 1.63. The highest BCUT2D eigenvalue weighted by molar-refractivity contribution is 5.89. The Morgan fingerprint density at radius 3 is 2.75 bits per heavy atom. The van der Waals surface area contributed by atoms with Crippen LogP contribution < -0.4 is 15.7 Å². The highest BCUT2D eigenvalue weighted by atomic mass is 16.5. The van der Waals surface area contributed by atoms with Gasteiger partial charge in [0.25, 0.3) is 0 Å². The number of benzene rings is 1. The normalized spacial score (nSPS) is 10.6. The molecule has 128 valence electrons. The number of hydrogen-bond donors (Lipinski definition) is 2. The number of carboxylic acid groups (broad SMARTS) is 1. The van der Waals surface area contributed by atoms with Crippen molar-refractivity contribution in [3.8, 4) is 5.75 Å². The van der Waals surface area contributed by atoms with Crippen molar-refractivity contribution >= 4 is 22.8 Å². The van der Waals surface area contributed by atoms with Gasteiger partial charge in [-0.2, -0.15) is 0 Å². The summed E-state index contributed by atoms with van der Waals surface area (Å²) in [6.45, 7) is 2.05. The van der Waals surface area contributed by atoms with Gasteiger partial charge in [-0.3, -0.25) is 9.59 Å². The van der Waals surface area contributed by atoms with E-state index in [9.17, 15) is 14.4 Å². The third-order valence-corrected chi connectivity index (χ3v) is 3.66. The number of aliphatic carboxylic acids is 1. The van der Waals surface area contributed by atoms with Gasteiger partial charge in [0.05, 0.1) is 13.5 Å². The molecule has 0 aliphatic rings. The highest BCUT2D eigenvalue weighted by Gasteiger charge is 2.13. The molecule has 1 aromatic carbocycles. The maximum Gasteiger partial charge on any atom is 0.336 e. The van der Waals surface area contributed by atoms with Gasteiger partial charge >= 0.3 is 11.6 Å². The van der Waals surface area contributed by atoms with Crippen LogP contribution in [0.15, 0.2) is 27.4 Å². The lowest BCUT2D eigenvalue weighted by Gasteiger charge is -2.10. The molecule has 2 rings (SSSR count). The number of ether oxygens (including phenoxy) is 1. The van der Waals surface area contributed by atoms with E-state index in [0.29, 0.717) is 34.3 Å². The van der Waals surface area contributed by atoms with Gasteiger partial charge in [0.2, 0.25) is 5.91 Å². The summed E-state index contributed by atoms with van der Waals surface area (Å²) in [7, 11) is 1.53. The molecule has 0 saturated heterocycles. The second-order valence-electron chi connectivity index (χ2n) is 5.38. The average molecular weight is 333 g/mol. The molecule has 24 heavy (non-hydrogen) atoms. The topological polar surface area (TPSA) is 106 Å². The van der Waals surface area contributed by atoms with E-state index in [0.717, 1.165) is 0 Å². The van der Waals surface area contributed by atoms with Gasteiger partial charge in [-0.25, -0.2) is 4.79 Å². The standard InChI is InChI=1S/C17H19NO6/c1-10-13(23-2)6-5-12-11(9-16(22)24-17(10)12)8-14(19)18-7-3-4-15(20)21/h5-6,9H,3-4,7-8H2,1-2H3,(H,18,19)(H,20,21). The van der Waals surface area contributed by atoms with Crippen LogP contribution in [0, 0.1) is 6.92 Å². The number of fused-ring (bicyclic) bond motifs is 1. The highest BCUT2D eigenvalue weighted by Crippen LogP contribution is 2.28. The van der Waals surface area contributed by atoms with E-state index in [2.05, 4.69) is 5.32 Å². The number of aryl methyl sites for hydroxylation is 1. The van der Waals surface area contributed by atoms with Crippen LogP contribution in [0.3, 0.4) is 0 Å². The summed E-state index contributed by atoms with van der Waals surface area (Å²) in [6.07, 6.45) is 0.368. The summed E-state index contributed by atoms with van der Waals surface area (Å²) in [5, 5.41) is 11.9. The molecule has 0 unspecified atom stereocenters. The van der Waals surface area contributed by atoms with E-state index in [4.69, 9.17) is 14.3 Å². The molecule has 0 atom stereocenters. The van der Waals surface area contributed by atoms with Gasteiger partial charge in [0.1, 0.15) is 11.3 Å². The molecule has 0 radical (unpaired) electrons. The van der Waals surface area contributed by atoms with Crippen molar-refractivity contribution in [3.63, 3.8) is 0 Å². The molecule has 1 amide bonds. The van der Waals surface area contributed by atoms with E-state index in [-0.39, 0.29) is 25.3 Å². The monoisotopic (exact) mass is 333 g/mol. The van der Waals surface area contributed by atoms with Gasteiger partial charge < -0.3 is 19.6 Å². The van der Waals surface area contributed by atoms with Gasteiger partial charge in [-0.05, 0) is 31.0 Å². The van der Waals surface area contributed by atoms with Crippen molar-refractivity contribution in [2.75, 3.05) is 13.7 Å². The summed E-state index contributed by atoms with van der Waals surface area (Å²) in [6, 6.07) is 4.80. The van der Waals surface area contributed by atoms with Crippen LogP contribution in [-0.2, 0) is 16.0 Å². The van der Waals surface area contributed by atoms with Crippen molar-refractivity contribution in [1.82, 2.24) is 5.32 Å². The largest absolute Gasteiger partial charge is 0.496 e. The number of hydrogen-bond acceptors (Lipinski definition) is 5. The molecule has 7 heteroatoms. The molecule has 0 saturated carbocycles. The Kier molecular flexibility index (Phi) is 5.57. The molecular weight excluding hydrogens is 314 g/mol. The first kappa shape index (κ1) is 17.5. The van der Waals surface area contributed by atoms with Crippen LogP contribution in [0.2, 0.25) is 0 Å². The van der Waals surface area contributed by atoms with Crippen molar-refractivity contribution in [2.45, 2.75) is 26.2 Å². The Balaban J connectivity index is 2.20. The number of carboxylic acids is 1. The fourth-order valence-corrected chi connectivity index (χ4v) is 2.48. The Morgan fingerprint density at radius 2 is 2.08 bits per heavy atom. The maximum atomic E-state index is 12.0. The van der Waals surface area contributed by atoms with Crippen LogP contribution in [0.25, 0.3) is 11.0 Å². The van der Waals surface area contributed by atoms with Gasteiger partial charge in [0, 0.05) is 30.0 Å². The number of rotatable bonds is 7.